The quantitative estimate of drug-likeness (QED) is 0.928. The number of aromatic nitrogens is 2. The number of para-hydroxylation sites is 1. The van der Waals surface area contributed by atoms with Crippen LogP contribution in [-0.4, -0.2) is 42.1 Å². The molecule has 25 heavy (non-hydrogen) atoms. The fourth-order valence-electron chi connectivity index (χ4n) is 3.41. The first-order chi connectivity index (χ1) is 12.2. The first-order valence-corrected chi connectivity index (χ1v) is 8.79. The third-order valence-corrected chi connectivity index (χ3v) is 4.66. The van der Waals surface area contributed by atoms with Crippen molar-refractivity contribution in [3.63, 3.8) is 0 Å². The number of carbonyl (C=O) groups is 1. The minimum atomic E-state index is 0.126. The highest BCUT2D eigenvalue weighted by atomic mass is 16.5. The van der Waals surface area contributed by atoms with Crippen LogP contribution in [0.25, 0.3) is 0 Å². The third kappa shape index (κ3) is 3.35. The van der Waals surface area contributed by atoms with Gasteiger partial charge in [0, 0.05) is 25.2 Å². The molecule has 130 valence electrons. The van der Waals surface area contributed by atoms with E-state index in [2.05, 4.69) is 17.1 Å². The molecule has 0 saturated carbocycles. The number of nitrogens with one attached hydrogen (secondary N) is 1. The Bertz CT molecular complexity index is 772. The van der Waals surface area contributed by atoms with Crippen molar-refractivity contribution in [3.05, 3.63) is 41.6 Å². The van der Waals surface area contributed by atoms with Gasteiger partial charge in [-0.05, 0) is 24.5 Å². The van der Waals surface area contributed by atoms with Crippen LogP contribution < -0.4 is 10.2 Å². The minimum absolute atomic E-state index is 0.126. The maximum Gasteiger partial charge on any atom is 0.227 e. The predicted octanol–water partition coefficient (Wildman–Crippen LogP) is 2.82. The zero-order chi connectivity index (χ0) is 17.2. The number of Topliss-reactive ketones (excluding diaryl/α,β-unsaturated/α-hetero) is 1. The molecule has 0 radical (unpaired) electrons. The molecule has 1 aromatic heterocycles. The van der Waals surface area contributed by atoms with E-state index in [1.165, 1.54) is 0 Å². The summed E-state index contributed by atoms with van der Waals surface area (Å²) in [7, 11) is 0. The van der Waals surface area contributed by atoms with Crippen molar-refractivity contribution in [1.29, 1.82) is 0 Å². The molecule has 1 saturated heterocycles. The molecule has 1 fully saturated rings. The Balaban J connectivity index is 1.76. The van der Waals surface area contributed by atoms with Crippen LogP contribution in [-0.2, 0) is 11.2 Å². The first-order valence-electron chi connectivity index (χ1n) is 8.79. The van der Waals surface area contributed by atoms with Gasteiger partial charge in [-0.2, -0.15) is 4.98 Å². The lowest BCUT2D eigenvalue weighted by atomic mass is 9.87. The van der Waals surface area contributed by atoms with Crippen molar-refractivity contribution < 1.29 is 9.53 Å². The Morgan fingerprint density at radius 1 is 1.12 bits per heavy atom. The maximum atomic E-state index is 12.6. The second kappa shape index (κ2) is 6.80. The molecule has 0 amide bonds. The molecule has 1 aromatic carbocycles. The van der Waals surface area contributed by atoms with Crippen molar-refractivity contribution in [1.82, 2.24) is 9.97 Å². The summed E-state index contributed by atoms with van der Waals surface area (Å²) in [6, 6.07) is 9.83. The number of rotatable bonds is 3. The van der Waals surface area contributed by atoms with Gasteiger partial charge in [0.05, 0.1) is 24.5 Å². The topological polar surface area (TPSA) is 67.4 Å². The molecule has 2 heterocycles. The summed E-state index contributed by atoms with van der Waals surface area (Å²) in [5.74, 6) is 1.75. The molecular formula is C19H22N4O2. The Hall–Kier alpha value is -2.47. The Kier molecular flexibility index (Phi) is 4.36. The van der Waals surface area contributed by atoms with Gasteiger partial charge in [-0.1, -0.05) is 25.1 Å². The molecule has 1 N–H and O–H groups in total. The predicted molar refractivity (Wildman–Crippen MR) is 96.6 cm³/mol. The van der Waals surface area contributed by atoms with Gasteiger partial charge in [0.2, 0.25) is 5.95 Å². The fourth-order valence-corrected chi connectivity index (χ4v) is 3.41. The van der Waals surface area contributed by atoms with Crippen LogP contribution in [0, 0.1) is 5.92 Å². The lowest BCUT2D eigenvalue weighted by Gasteiger charge is -2.29. The molecule has 1 aliphatic carbocycles. The molecule has 0 bridgehead atoms. The van der Waals surface area contributed by atoms with E-state index >= 15 is 0 Å². The minimum Gasteiger partial charge on any atom is -0.378 e. The molecule has 4 rings (SSSR count). The zero-order valence-electron chi connectivity index (χ0n) is 14.4. The van der Waals surface area contributed by atoms with Crippen LogP contribution in [0.1, 0.15) is 29.4 Å². The number of benzene rings is 1. The Labute approximate surface area is 147 Å². The summed E-state index contributed by atoms with van der Waals surface area (Å²) >= 11 is 0. The number of nitrogens with zero attached hydrogens (tertiary/aromatic N) is 3. The third-order valence-electron chi connectivity index (χ3n) is 4.66. The lowest BCUT2D eigenvalue weighted by molar-refractivity contribution is 0.0952. The Morgan fingerprint density at radius 2 is 1.88 bits per heavy atom. The van der Waals surface area contributed by atoms with Crippen molar-refractivity contribution in [2.24, 2.45) is 5.92 Å². The molecule has 1 unspecified atom stereocenters. The van der Waals surface area contributed by atoms with Crippen molar-refractivity contribution in [2.75, 3.05) is 36.5 Å². The highest BCUT2D eigenvalue weighted by molar-refractivity contribution is 6.03. The number of hydrogen-bond donors (Lipinski definition) is 1. The molecular weight excluding hydrogens is 316 g/mol. The molecule has 2 aromatic rings. The largest absolute Gasteiger partial charge is 0.378 e. The van der Waals surface area contributed by atoms with Gasteiger partial charge in [0.15, 0.2) is 5.78 Å². The van der Waals surface area contributed by atoms with E-state index in [4.69, 9.17) is 14.7 Å². The van der Waals surface area contributed by atoms with Gasteiger partial charge >= 0.3 is 0 Å². The van der Waals surface area contributed by atoms with Gasteiger partial charge in [-0.25, -0.2) is 4.98 Å². The van der Waals surface area contributed by atoms with E-state index in [1.54, 1.807) is 0 Å². The molecule has 6 heteroatoms. The van der Waals surface area contributed by atoms with Crippen LogP contribution in [0.4, 0.5) is 17.5 Å². The van der Waals surface area contributed by atoms with Crippen molar-refractivity contribution in [2.45, 2.75) is 19.8 Å². The van der Waals surface area contributed by atoms with Crippen LogP contribution in [0.5, 0.6) is 0 Å². The monoisotopic (exact) mass is 338 g/mol. The van der Waals surface area contributed by atoms with Gasteiger partial charge in [0.25, 0.3) is 0 Å². The van der Waals surface area contributed by atoms with Crippen molar-refractivity contribution >= 4 is 23.2 Å². The Morgan fingerprint density at radius 3 is 2.64 bits per heavy atom. The van der Waals surface area contributed by atoms with Gasteiger partial charge < -0.3 is 15.0 Å². The summed E-state index contributed by atoms with van der Waals surface area (Å²) < 4.78 is 5.43. The second-order valence-corrected chi connectivity index (χ2v) is 6.72. The molecule has 1 atom stereocenters. The first kappa shape index (κ1) is 16.0. The SMILES string of the molecule is CC1CC(=O)c2c(nc(N3CCOCC3)nc2Nc2ccccc2)C1. The zero-order valence-corrected chi connectivity index (χ0v) is 14.4. The summed E-state index contributed by atoms with van der Waals surface area (Å²) in [6.45, 7) is 5.00. The van der Waals surface area contributed by atoms with Crippen LogP contribution in [0.2, 0.25) is 0 Å². The summed E-state index contributed by atoms with van der Waals surface area (Å²) in [5.41, 5.74) is 2.43. The highest BCUT2D eigenvalue weighted by Crippen LogP contribution is 2.32. The lowest BCUT2D eigenvalue weighted by Crippen LogP contribution is -2.38. The van der Waals surface area contributed by atoms with Gasteiger partial charge in [-0.15, -0.1) is 0 Å². The molecule has 2 aliphatic rings. The van der Waals surface area contributed by atoms with Crippen molar-refractivity contribution in [3.8, 4) is 0 Å². The number of anilines is 3. The number of morpholine rings is 1. The highest BCUT2D eigenvalue weighted by Gasteiger charge is 2.29. The number of ether oxygens (including phenoxy) is 1. The molecule has 1 aliphatic heterocycles. The van der Waals surface area contributed by atoms with E-state index in [9.17, 15) is 4.79 Å². The summed E-state index contributed by atoms with van der Waals surface area (Å²) in [5, 5.41) is 3.33. The van der Waals surface area contributed by atoms with E-state index in [0.29, 0.717) is 42.9 Å². The van der Waals surface area contributed by atoms with E-state index in [0.717, 1.165) is 30.9 Å². The van der Waals surface area contributed by atoms with Crippen LogP contribution >= 0.6 is 0 Å². The van der Waals surface area contributed by atoms with E-state index < -0.39 is 0 Å². The standard InChI is InChI=1S/C19H22N4O2/c1-13-11-15-17(16(24)12-13)18(20-14-5-3-2-4-6-14)22-19(21-15)23-7-9-25-10-8-23/h2-6,13H,7-12H2,1H3,(H,20,21,22). The number of fused-ring (bicyclic) bond motifs is 1. The molecule has 0 spiro atoms. The van der Waals surface area contributed by atoms with E-state index in [1.807, 2.05) is 30.3 Å². The number of carbonyl (C=O) groups excluding carboxylic acids is 1. The second-order valence-electron chi connectivity index (χ2n) is 6.72. The van der Waals surface area contributed by atoms with Gasteiger partial charge in [0.1, 0.15) is 5.82 Å². The summed E-state index contributed by atoms with van der Waals surface area (Å²) in [4.78, 5) is 24.2. The number of hydrogen-bond acceptors (Lipinski definition) is 6. The summed E-state index contributed by atoms with van der Waals surface area (Å²) in [6.07, 6.45) is 1.36. The average Bonchev–Trinajstić information content (AvgIpc) is 2.62. The van der Waals surface area contributed by atoms with Crippen LogP contribution in [0.15, 0.2) is 30.3 Å². The average molecular weight is 338 g/mol. The smallest absolute Gasteiger partial charge is 0.227 e. The molecule has 6 nitrogen and oxygen atoms in total. The van der Waals surface area contributed by atoms with E-state index in [-0.39, 0.29) is 5.78 Å². The van der Waals surface area contributed by atoms with Gasteiger partial charge in [-0.3, -0.25) is 4.79 Å². The number of ketones is 1. The normalized spacial score (nSPS) is 20.3. The maximum absolute atomic E-state index is 12.6. The van der Waals surface area contributed by atoms with Crippen LogP contribution in [0.3, 0.4) is 0 Å². The fraction of sp³-hybridized carbons (Fsp3) is 0.421.